The van der Waals surface area contributed by atoms with Crippen molar-refractivity contribution in [2.45, 2.75) is 27.7 Å². The van der Waals surface area contributed by atoms with Crippen LogP contribution in [0.2, 0.25) is 0 Å². The Balaban J connectivity index is 0.000000360. The molecule has 0 heterocycles. The van der Waals surface area contributed by atoms with E-state index in [0.717, 1.165) is 0 Å². The number of aromatic hydroxyl groups is 2. The number of nitrogens with one attached hydrogen (secondary N) is 2. The first-order valence-corrected chi connectivity index (χ1v) is 7.10. The highest BCUT2D eigenvalue weighted by Gasteiger charge is 1.99. The molecule has 4 N–H and O–H groups in total. The Kier molecular flexibility index (Phi) is 8.95. The minimum atomic E-state index is 0.176. The average Bonchev–Trinajstić information content (AvgIpc) is 2.50. The third-order valence-electron chi connectivity index (χ3n) is 2.62. The summed E-state index contributed by atoms with van der Waals surface area (Å²) in [6, 6.07) is 13.7. The molecule has 0 bridgehead atoms. The summed E-state index contributed by atoms with van der Waals surface area (Å²) in [6.45, 7) is 7.30. The Morgan fingerprint density at radius 3 is 1.14 bits per heavy atom. The van der Waals surface area contributed by atoms with Crippen molar-refractivity contribution in [2.24, 2.45) is 0 Å². The van der Waals surface area contributed by atoms with E-state index in [1.54, 1.807) is 62.4 Å². The number of phenols is 2. The Morgan fingerprint density at radius 2 is 0.955 bits per heavy atom. The van der Waals surface area contributed by atoms with Crippen molar-refractivity contribution in [1.29, 1.82) is 10.8 Å². The lowest BCUT2D eigenvalue weighted by Crippen LogP contribution is -1.90. The third-order valence-corrected chi connectivity index (χ3v) is 2.62. The van der Waals surface area contributed by atoms with Crippen molar-refractivity contribution < 1.29 is 10.2 Å². The molecule has 0 amide bonds. The second-order valence-corrected chi connectivity index (χ2v) is 4.28. The van der Waals surface area contributed by atoms with Gasteiger partial charge in [0, 0.05) is 22.6 Å². The van der Waals surface area contributed by atoms with Gasteiger partial charge in [0.05, 0.1) is 0 Å². The highest BCUT2D eigenvalue weighted by Crippen LogP contribution is 2.15. The van der Waals surface area contributed by atoms with Crippen LogP contribution in [0.1, 0.15) is 38.8 Å². The van der Waals surface area contributed by atoms with E-state index in [9.17, 15) is 0 Å². The number of phenolic OH excluding ortho intramolecular Hbond substituents is 2. The van der Waals surface area contributed by atoms with Crippen LogP contribution < -0.4 is 0 Å². The molecule has 0 aliphatic rings. The van der Waals surface area contributed by atoms with Gasteiger partial charge in [-0.15, -0.1) is 0 Å². The van der Waals surface area contributed by atoms with Gasteiger partial charge in [-0.2, -0.15) is 0 Å². The first kappa shape index (κ1) is 19.4. The lowest BCUT2D eigenvalue weighted by atomic mass is 10.1. The maximum absolute atomic E-state index is 9.14. The first-order chi connectivity index (χ1) is 10.4. The molecule has 0 radical (unpaired) electrons. The zero-order valence-corrected chi connectivity index (χ0v) is 13.5. The van der Waals surface area contributed by atoms with Crippen LogP contribution in [0.4, 0.5) is 0 Å². The fourth-order valence-corrected chi connectivity index (χ4v) is 1.58. The molecule has 0 aromatic heterocycles. The normalized spacial score (nSPS) is 8.73. The maximum atomic E-state index is 9.14. The molecule has 2 aromatic rings. The van der Waals surface area contributed by atoms with Crippen molar-refractivity contribution in [1.82, 2.24) is 0 Å². The van der Waals surface area contributed by atoms with Crippen molar-refractivity contribution in [2.75, 3.05) is 0 Å². The van der Waals surface area contributed by atoms with Crippen molar-refractivity contribution >= 4 is 11.4 Å². The summed E-state index contributed by atoms with van der Waals surface area (Å²) >= 11 is 0. The quantitative estimate of drug-likeness (QED) is 0.611. The number of benzene rings is 2. The Bertz CT molecular complexity index is 566. The van der Waals surface area contributed by atoms with Crippen LogP contribution in [0, 0.1) is 10.8 Å². The van der Waals surface area contributed by atoms with E-state index < -0.39 is 0 Å². The summed E-state index contributed by atoms with van der Waals surface area (Å²) in [6.07, 6.45) is 0. The van der Waals surface area contributed by atoms with E-state index in [1.807, 2.05) is 13.8 Å². The lowest BCUT2D eigenvalue weighted by Gasteiger charge is -1.98. The van der Waals surface area contributed by atoms with Crippen LogP contribution in [-0.4, -0.2) is 21.6 Å². The highest BCUT2D eigenvalue weighted by atomic mass is 16.3. The van der Waals surface area contributed by atoms with Gasteiger partial charge in [0.1, 0.15) is 11.5 Å². The van der Waals surface area contributed by atoms with E-state index in [-0.39, 0.29) is 11.5 Å². The van der Waals surface area contributed by atoms with Gasteiger partial charge in [0.2, 0.25) is 0 Å². The molecule has 0 aliphatic heterocycles. The van der Waals surface area contributed by atoms with Crippen LogP contribution in [0.5, 0.6) is 11.5 Å². The van der Waals surface area contributed by atoms with Crippen LogP contribution in [0.3, 0.4) is 0 Å². The minimum Gasteiger partial charge on any atom is -0.507 e. The van der Waals surface area contributed by atoms with Crippen molar-refractivity contribution in [3.8, 4) is 11.5 Å². The number of hydrogen-bond donors (Lipinski definition) is 4. The molecule has 0 atom stereocenters. The number of rotatable bonds is 2. The highest BCUT2D eigenvalue weighted by molar-refractivity contribution is 5.99. The summed E-state index contributed by atoms with van der Waals surface area (Å²) in [5.74, 6) is 0.352. The largest absolute Gasteiger partial charge is 0.507 e. The van der Waals surface area contributed by atoms with Crippen molar-refractivity contribution in [3.63, 3.8) is 0 Å². The molecule has 0 fully saturated rings. The summed E-state index contributed by atoms with van der Waals surface area (Å²) in [7, 11) is 0. The molecular formula is C18H24N2O2. The summed E-state index contributed by atoms with van der Waals surface area (Å²) < 4.78 is 0. The van der Waals surface area contributed by atoms with Gasteiger partial charge in [-0.25, -0.2) is 0 Å². The molecule has 4 heteroatoms. The molecule has 0 unspecified atom stereocenters. The SMILES string of the molecule is CC.CC(=N)c1ccccc1O.CC(=N)c1ccccc1O. The minimum absolute atomic E-state index is 0.176. The molecule has 4 nitrogen and oxygen atoms in total. The predicted octanol–water partition coefficient (Wildman–Crippen LogP) is 4.59. The van der Waals surface area contributed by atoms with Crippen LogP contribution in [0.15, 0.2) is 48.5 Å². The Hall–Kier alpha value is -2.62. The van der Waals surface area contributed by atoms with Gasteiger partial charge in [-0.1, -0.05) is 38.1 Å². The van der Waals surface area contributed by atoms with Crippen LogP contribution in [-0.2, 0) is 0 Å². The van der Waals surface area contributed by atoms with Gasteiger partial charge >= 0.3 is 0 Å². The molecule has 0 spiro atoms. The summed E-state index contributed by atoms with van der Waals surface area (Å²) in [5, 5.41) is 32.7. The Morgan fingerprint density at radius 1 is 0.682 bits per heavy atom. The van der Waals surface area contributed by atoms with E-state index in [4.69, 9.17) is 21.0 Å². The monoisotopic (exact) mass is 300 g/mol. The maximum Gasteiger partial charge on any atom is 0.124 e. The summed E-state index contributed by atoms with van der Waals surface area (Å²) in [4.78, 5) is 0. The first-order valence-electron chi connectivity index (χ1n) is 7.10. The lowest BCUT2D eigenvalue weighted by molar-refractivity contribution is 0.473. The third kappa shape index (κ3) is 6.22. The van der Waals surface area contributed by atoms with E-state index in [0.29, 0.717) is 22.6 Å². The second kappa shape index (κ2) is 10.2. The number of hydrogen-bond acceptors (Lipinski definition) is 4. The zero-order chi connectivity index (χ0) is 17.1. The molecule has 0 aliphatic carbocycles. The van der Waals surface area contributed by atoms with E-state index >= 15 is 0 Å². The molecule has 0 saturated heterocycles. The van der Waals surface area contributed by atoms with E-state index in [2.05, 4.69) is 0 Å². The smallest absolute Gasteiger partial charge is 0.124 e. The average molecular weight is 300 g/mol. The zero-order valence-electron chi connectivity index (χ0n) is 13.5. The summed E-state index contributed by atoms with van der Waals surface area (Å²) in [5.41, 5.74) is 1.97. The molecule has 2 aromatic carbocycles. The van der Waals surface area contributed by atoms with Gasteiger partial charge in [-0.05, 0) is 38.1 Å². The van der Waals surface area contributed by atoms with Crippen LogP contribution >= 0.6 is 0 Å². The van der Waals surface area contributed by atoms with Crippen LogP contribution in [0.25, 0.3) is 0 Å². The van der Waals surface area contributed by atoms with Gasteiger partial charge < -0.3 is 21.0 Å². The molecule has 0 saturated carbocycles. The van der Waals surface area contributed by atoms with Crippen molar-refractivity contribution in [3.05, 3.63) is 59.7 Å². The standard InChI is InChI=1S/2C8H9NO.C2H6/c2*1-6(9)7-4-2-3-5-8(7)10;1-2/h2*2-5,9-10H,1H3;1-2H3. The predicted molar refractivity (Wildman–Crippen MR) is 92.6 cm³/mol. The molecule has 22 heavy (non-hydrogen) atoms. The van der Waals surface area contributed by atoms with Gasteiger partial charge in [0.25, 0.3) is 0 Å². The fraction of sp³-hybridized carbons (Fsp3) is 0.222. The molecule has 2 rings (SSSR count). The second-order valence-electron chi connectivity index (χ2n) is 4.28. The molecular weight excluding hydrogens is 276 g/mol. The van der Waals surface area contributed by atoms with Gasteiger partial charge in [-0.3, -0.25) is 0 Å². The van der Waals surface area contributed by atoms with Gasteiger partial charge in [0.15, 0.2) is 0 Å². The Labute approximate surface area is 132 Å². The van der Waals surface area contributed by atoms with E-state index in [1.165, 1.54) is 0 Å². The topological polar surface area (TPSA) is 88.2 Å². The fourth-order valence-electron chi connectivity index (χ4n) is 1.58. The molecule has 118 valence electrons. The number of para-hydroxylation sites is 2.